The van der Waals surface area contributed by atoms with E-state index in [-0.39, 0.29) is 12.1 Å². The topological polar surface area (TPSA) is 29.5 Å². The minimum absolute atomic E-state index is 0.103. The summed E-state index contributed by atoms with van der Waals surface area (Å²) in [6.07, 6.45) is 27.1. The summed E-state index contributed by atoms with van der Waals surface area (Å²) in [4.78, 5) is 15.4. The van der Waals surface area contributed by atoms with Crippen molar-refractivity contribution in [2.45, 2.75) is 156 Å². The maximum atomic E-state index is 12.8. The summed E-state index contributed by atoms with van der Waals surface area (Å²) in [7, 11) is 0. The molecule has 2 saturated carbocycles. The van der Waals surface area contributed by atoms with Crippen molar-refractivity contribution >= 4 is 28.4 Å². The molecule has 240 valence electrons. The van der Waals surface area contributed by atoms with Crippen LogP contribution in [0.4, 0.5) is 5.00 Å². The van der Waals surface area contributed by atoms with E-state index in [4.69, 9.17) is 4.74 Å². The van der Waals surface area contributed by atoms with Gasteiger partial charge in [-0.2, -0.15) is 0 Å². The van der Waals surface area contributed by atoms with Crippen molar-refractivity contribution in [3.63, 3.8) is 0 Å². The first-order chi connectivity index (χ1) is 20.5. The van der Waals surface area contributed by atoms with Gasteiger partial charge in [-0.3, -0.25) is 0 Å². The average molecular weight is 600 g/mol. The van der Waals surface area contributed by atoms with E-state index in [1.165, 1.54) is 108 Å². The molecule has 2 fully saturated rings. The summed E-state index contributed by atoms with van der Waals surface area (Å²) in [5, 5.41) is 3.57. The molecule has 1 heterocycles. The molecule has 2 atom stereocenters. The zero-order chi connectivity index (χ0) is 30.2. The van der Waals surface area contributed by atoms with Gasteiger partial charge in [0.25, 0.3) is 0 Å². The zero-order valence-electron chi connectivity index (χ0n) is 28.1. The van der Waals surface area contributed by atoms with Crippen molar-refractivity contribution < 1.29 is 9.53 Å². The van der Waals surface area contributed by atoms with Gasteiger partial charge >= 0.3 is 5.97 Å². The average Bonchev–Trinajstić information content (AvgIpc) is 3.49. The highest BCUT2D eigenvalue weighted by atomic mass is 32.1. The number of anilines is 1. The number of esters is 1. The number of rotatable bonds is 19. The van der Waals surface area contributed by atoms with Crippen LogP contribution in [0.25, 0.3) is 6.08 Å². The summed E-state index contributed by atoms with van der Waals surface area (Å²) in [6.45, 7) is 13.9. The summed E-state index contributed by atoms with van der Waals surface area (Å²) >= 11 is 1.84. The number of carbonyl (C=O) groups excluding carboxylic acids is 1. The van der Waals surface area contributed by atoms with Gasteiger partial charge < -0.3 is 9.64 Å². The first-order valence-corrected chi connectivity index (χ1v) is 19.1. The van der Waals surface area contributed by atoms with Crippen LogP contribution in [-0.2, 0) is 9.53 Å². The molecule has 3 rings (SSSR count). The predicted octanol–water partition coefficient (Wildman–Crippen LogP) is 11.7. The maximum absolute atomic E-state index is 12.8. The van der Waals surface area contributed by atoms with E-state index in [1.807, 2.05) is 17.4 Å². The second-order valence-electron chi connectivity index (χ2n) is 13.8. The second kappa shape index (κ2) is 19.9. The van der Waals surface area contributed by atoms with Crippen molar-refractivity contribution in [1.29, 1.82) is 0 Å². The fraction of sp³-hybridized carbons (Fsp3) is 0.816. The van der Waals surface area contributed by atoms with Gasteiger partial charge in [0.05, 0.1) is 5.00 Å². The number of nitrogens with zero attached hydrogens (tertiary/aromatic N) is 1. The van der Waals surface area contributed by atoms with E-state index >= 15 is 0 Å². The molecule has 0 amide bonds. The van der Waals surface area contributed by atoms with E-state index in [9.17, 15) is 4.79 Å². The monoisotopic (exact) mass is 599 g/mol. The van der Waals surface area contributed by atoms with Crippen molar-refractivity contribution in [3.05, 3.63) is 23.1 Å². The number of unbranched alkanes of at least 4 members (excludes halogenated alkanes) is 2. The van der Waals surface area contributed by atoms with Crippen LogP contribution in [0.2, 0.25) is 0 Å². The molecule has 4 heteroatoms. The molecule has 1 aromatic heterocycles. The fourth-order valence-corrected chi connectivity index (χ4v) is 8.61. The molecule has 42 heavy (non-hydrogen) atoms. The maximum Gasteiger partial charge on any atom is 0.331 e. The predicted molar refractivity (Wildman–Crippen MR) is 184 cm³/mol. The Kier molecular flexibility index (Phi) is 16.7. The highest BCUT2D eigenvalue weighted by molar-refractivity contribution is 7.14. The molecule has 0 spiro atoms. The van der Waals surface area contributed by atoms with Gasteiger partial charge in [0.2, 0.25) is 0 Å². The van der Waals surface area contributed by atoms with Crippen LogP contribution < -0.4 is 4.90 Å². The van der Waals surface area contributed by atoms with Crippen molar-refractivity contribution in [2.24, 2.45) is 29.6 Å². The van der Waals surface area contributed by atoms with Crippen molar-refractivity contribution in [1.82, 2.24) is 0 Å². The van der Waals surface area contributed by atoms with Crippen LogP contribution in [0.1, 0.15) is 156 Å². The zero-order valence-corrected chi connectivity index (χ0v) is 28.9. The first kappa shape index (κ1) is 35.2. The third-order valence-corrected chi connectivity index (χ3v) is 11.6. The van der Waals surface area contributed by atoms with Gasteiger partial charge in [0.1, 0.15) is 6.10 Å². The SMILES string of the molecule is CCCCC(CC)CN(CC(CC)CCCC)c1cc(/C=C/C(=O)OC2CCC(C3CCC(CCC)CC3)CC2)cs1. The molecule has 0 N–H and O–H groups in total. The lowest BCUT2D eigenvalue weighted by molar-refractivity contribution is -0.145. The standard InChI is InChI=1S/C38H65NO2S/c1-6-11-14-30(9-4)27-39(28-31(10-5)15-12-7-2)37-26-33(29-42-37)18-25-38(40)41-36-23-21-35(22-24-36)34-19-16-32(13-8-3)17-20-34/h18,25-26,29-32,34-36H,6-17,19-24,27-28H2,1-5H3/b25-18+. The van der Waals surface area contributed by atoms with Crippen LogP contribution in [0.3, 0.4) is 0 Å². The first-order valence-electron chi connectivity index (χ1n) is 18.2. The molecular weight excluding hydrogens is 534 g/mol. The molecule has 0 aliphatic heterocycles. The summed E-state index contributed by atoms with van der Waals surface area (Å²) in [6, 6.07) is 2.30. The minimum atomic E-state index is -0.167. The molecular formula is C38H65NO2S. The number of thiophene rings is 1. The Morgan fingerprint density at radius 3 is 1.95 bits per heavy atom. The Morgan fingerprint density at radius 2 is 1.43 bits per heavy atom. The van der Waals surface area contributed by atoms with E-state index in [1.54, 1.807) is 6.08 Å². The van der Waals surface area contributed by atoms with E-state index in [0.717, 1.165) is 61.1 Å². The van der Waals surface area contributed by atoms with E-state index in [2.05, 4.69) is 51.0 Å². The summed E-state index contributed by atoms with van der Waals surface area (Å²) < 4.78 is 5.93. The van der Waals surface area contributed by atoms with Crippen LogP contribution >= 0.6 is 11.3 Å². The molecule has 2 aliphatic carbocycles. The van der Waals surface area contributed by atoms with E-state index in [0.29, 0.717) is 0 Å². The van der Waals surface area contributed by atoms with Crippen LogP contribution in [0.15, 0.2) is 17.5 Å². The minimum Gasteiger partial charge on any atom is -0.459 e. The van der Waals surface area contributed by atoms with Crippen molar-refractivity contribution in [2.75, 3.05) is 18.0 Å². The molecule has 2 aliphatic rings. The molecule has 0 radical (unpaired) electrons. The number of hydrogen-bond acceptors (Lipinski definition) is 4. The highest BCUT2D eigenvalue weighted by Crippen LogP contribution is 2.41. The lowest BCUT2D eigenvalue weighted by Crippen LogP contribution is -2.33. The lowest BCUT2D eigenvalue weighted by atomic mass is 9.70. The molecule has 2 unspecified atom stereocenters. The Labute approximate surface area is 264 Å². The Bertz CT molecular complexity index is 859. The second-order valence-corrected chi connectivity index (χ2v) is 14.7. The largest absolute Gasteiger partial charge is 0.459 e. The Balaban J connectivity index is 1.50. The number of ether oxygens (including phenoxy) is 1. The Morgan fingerprint density at radius 1 is 0.857 bits per heavy atom. The lowest BCUT2D eigenvalue weighted by Gasteiger charge is -2.37. The summed E-state index contributed by atoms with van der Waals surface area (Å²) in [5.41, 5.74) is 1.13. The number of carbonyl (C=O) groups is 1. The number of hydrogen-bond donors (Lipinski definition) is 0. The van der Waals surface area contributed by atoms with Gasteiger partial charge in [-0.25, -0.2) is 4.79 Å². The van der Waals surface area contributed by atoms with Crippen molar-refractivity contribution in [3.8, 4) is 0 Å². The van der Waals surface area contributed by atoms with Gasteiger partial charge in [0, 0.05) is 24.5 Å². The smallest absolute Gasteiger partial charge is 0.331 e. The third-order valence-electron chi connectivity index (χ3n) is 10.6. The molecule has 1 aromatic rings. The van der Waals surface area contributed by atoms with Crippen LogP contribution in [0.5, 0.6) is 0 Å². The normalized spacial score (nSPS) is 24.5. The quantitative estimate of drug-likeness (QED) is 0.117. The summed E-state index contributed by atoms with van der Waals surface area (Å²) in [5.74, 6) is 4.08. The van der Waals surface area contributed by atoms with Gasteiger partial charge in [-0.15, -0.1) is 11.3 Å². The van der Waals surface area contributed by atoms with Crippen LogP contribution in [-0.4, -0.2) is 25.2 Å². The molecule has 0 saturated heterocycles. The molecule has 0 bridgehead atoms. The van der Waals surface area contributed by atoms with Gasteiger partial charge in [-0.05, 0) is 98.7 Å². The Hall–Kier alpha value is -1.29. The van der Waals surface area contributed by atoms with Gasteiger partial charge in [-0.1, -0.05) is 98.8 Å². The molecule has 3 nitrogen and oxygen atoms in total. The highest BCUT2D eigenvalue weighted by Gasteiger charge is 2.31. The van der Waals surface area contributed by atoms with Gasteiger partial charge in [0.15, 0.2) is 0 Å². The fourth-order valence-electron chi connectivity index (χ4n) is 7.71. The third kappa shape index (κ3) is 12.0. The molecule has 0 aromatic carbocycles. The van der Waals surface area contributed by atoms with E-state index < -0.39 is 0 Å². The van der Waals surface area contributed by atoms with Crippen LogP contribution in [0, 0.1) is 29.6 Å².